The second kappa shape index (κ2) is 7.40. The number of likely N-dealkylation sites (tertiary alicyclic amines) is 1. The van der Waals surface area contributed by atoms with E-state index in [1.165, 1.54) is 4.88 Å². The van der Waals surface area contributed by atoms with Crippen LogP contribution in [0.15, 0.2) is 30.5 Å². The molecule has 3 rings (SSSR count). The van der Waals surface area contributed by atoms with Crippen molar-refractivity contribution in [3.63, 3.8) is 0 Å². The maximum Gasteiger partial charge on any atom is 0.123 e. The monoisotopic (exact) mass is 334 g/mol. The van der Waals surface area contributed by atoms with Gasteiger partial charge in [-0.25, -0.2) is 4.98 Å². The standard InChI is InChI=1S/C17H22N2O3S/c1-22-14-4-2-3-12(7-14)17-18-8-15(23-17)9-19-6-5-13(11-20)16(21)10-19/h2-4,7-8,13,16,20-21H,5-6,9-11H2,1H3/t13-,16+/m0/s1. The van der Waals surface area contributed by atoms with Gasteiger partial charge in [-0.2, -0.15) is 0 Å². The number of ether oxygens (including phenoxy) is 1. The minimum Gasteiger partial charge on any atom is -0.497 e. The van der Waals surface area contributed by atoms with Crippen molar-refractivity contribution in [2.75, 3.05) is 26.8 Å². The summed E-state index contributed by atoms with van der Waals surface area (Å²) in [4.78, 5) is 7.91. The number of aromatic nitrogens is 1. The summed E-state index contributed by atoms with van der Waals surface area (Å²) in [5, 5.41) is 20.2. The summed E-state index contributed by atoms with van der Waals surface area (Å²) in [6.45, 7) is 2.36. The summed E-state index contributed by atoms with van der Waals surface area (Å²) < 4.78 is 5.26. The van der Waals surface area contributed by atoms with Crippen LogP contribution in [0.4, 0.5) is 0 Å². The third-order valence-corrected chi connectivity index (χ3v) is 5.32. The van der Waals surface area contributed by atoms with Crippen LogP contribution in [-0.2, 0) is 6.54 Å². The number of aliphatic hydroxyl groups excluding tert-OH is 2. The summed E-state index contributed by atoms with van der Waals surface area (Å²) in [6.07, 6.45) is 2.29. The van der Waals surface area contributed by atoms with E-state index in [-0.39, 0.29) is 12.5 Å². The van der Waals surface area contributed by atoms with Gasteiger partial charge in [0, 0.05) is 42.3 Å². The molecular formula is C17H22N2O3S. The van der Waals surface area contributed by atoms with Gasteiger partial charge >= 0.3 is 0 Å². The molecule has 1 aliphatic heterocycles. The molecule has 2 heterocycles. The highest BCUT2D eigenvalue weighted by Gasteiger charge is 2.27. The number of rotatable bonds is 5. The van der Waals surface area contributed by atoms with Gasteiger partial charge in [-0.3, -0.25) is 4.90 Å². The fraction of sp³-hybridized carbons (Fsp3) is 0.471. The van der Waals surface area contributed by atoms with Crippen molar-refractivity contribution in [1.29, 1.82) is 0 Å². The largest absolute Gasteiger partial charge is 0.497 e. The first-order valence-electron chi connectivity index (χ1n) is 7.80. The van der Waals surface area contributed by atoms with E-state index in [0.29, 0.717) is 6.54 Å². The van der Waals surface area contributed by atoms with Crippen LogP contribution in [0.2, 0.25) is 0 Å². The van der Waals surface area contributed by atoms with Crippen LogP contribution >= 0.6 is 11.3 Å². The highest BCUT2D eigenvalue weighted by atomic mass is 32.1. The Morgan fingerprint density at radius 3 is 3.04 bits per heavy atom. The molecule has 6 heteroatoms. The third kappa shape index (κ3) is 3.90. The Kier molecular flexibility index (Phi) is 5.27. The van der Waals surface area contributed by atoms with E-state index in [9.17, 15) is 10.2 Å². The first-order chi connectivity index (χ1) is 11.2. The molecule has 1 fully saturated rings. The van der Waals surface area contributed by atoms with Gasteiger partial charge in [0.05, 0.1) is 13.2 Å². The third-order valence-electron chi connectivity index (χ3n) is 4.29. The molecule has 0 unspecified atom stereocenters. The van der Waals surface area contributed by atoms with Crippen molar-refractivity contribution in [3.8, 4) is 16.3 Å². The fourth-order valence-electron chi connectivity index (χ4n) is 2.89. The Hall–Kier alpha value is -1.47. The van der Waals surface area contributed by atoms with Crippen molar-refractivity contribution >= 4 is 11.3 Å². The van der Waals surface area contributed by atoms with Crippen LogP contribution < -0.4 is 4.74 Å². The smallest absolute Gasteiger partial charge is 0.123 e. The van der Waals surface area contributed by atoms with Crippen molar-refractivity contribution in [1.82, 2.24) is 9.88 Å². The van der Waals surface area contributed by atoms with Crippen LogP contribution in [0.1, 0.15) is 11.3 Å². The molecule has 0 aliphatic carbocycles. The predicted molar refractivity (Wildman–Crippen MR) is 90.6 cm³/mol. The predicted octanol–water partition coefficient (Wildman–Crippen LogP) is 1.99. The molecule has 0 bridgehead atoms. The lowest BCUT2D eigenvalue weighted by Gasteiger charge is -2.34. The van der Waals surface area contributed by atoms with Gasteiger partial charge in [0.25, 0.3) is 0 Å². The highest BCUT2D eigenvalue weighted by Crippen LogP contribution is 2.29. The van der Waals surface area contributed by atoms with Crippen LogP contribution in [0.25, 0.3) is 10.6 Å². The zero-order valence-electron chi connectivity index (χ0n) is 13.2. The lowest BCUT2D eigenvalue weighted by Crippen LogP contribution is -2.44. The lowest BCUT2D eigenvalue weighted by molar-refractivity contribution is -0.00416. The molecule has 0 saturated carbocycles. The van der Waals surface area contributed by atoms with Crippen LogP contribution in [0.5, 0.6) is 5.75 Å². The number of piperidine rings is 1. The number of hydrogen-bond donors (Lipinski definition) is 2. The number of hydrogen-bond acceptors (Lipinski definition) is 6. The fourth-order valence-corrected chi connectivity index (χ4v) is 3.84. The number of aliphatic hydroxyl groups is 2. The average Bonchev–Trinajstić information content (AvgIpc) is 3.03. The zero-order valence-corrected chi connectivity index (χ0v) is 14.0. The molecule has 0 amide bonds. The molecule has 2 aromatic rings. The van der Waals surface area contributed by atoms with E-state index in [4.69, 9.17) is 4.74 Å². The molecule has 0 spiro atoms. The molecule has 1 aromatic heterocycles. The average molecular weight is 334 g/mol. The topological polar surface area (TPSA) is 65.8 Å². The van der Waals surface area contributed by atoms with E-state index in [0.717, 1.165) is 35.8 Å². The van der Waals surface area contributed by atoms with Crippen LogP contribution in [0.3, 0.4) is 0 Å². The number of thiazole rings is 1. The van der Waals surface area contributed by atoms with Gasteiger partial charge in [0.15, 0.2) is 0 Å². The lowest BCUT2D eigenvalue weighted by atomic mass is 9.95. The van der Waals surface area contributed by atoms with E-state index >= 15 is 0 Å². The molecule has 124 valence electrons. The van der Waals surface area contributed by atoms with E-state index in [1.54, 1.807) is 18.4 Å². The normalized spacial score (nSPS) is 22.2. The minimum absolute atomic E-state index is 0.0139. The molecule has 5 nitrogen and oxygen atoms in total. The maximum absolute atomic E-state index is 10.0. The van der Waals surface area contributed by atoms with Gasteiger partial charge in [-0.05, 0) is 25.1 Å². The van der Waals surface area contributed by atoms with Crippen molar-refractivity contribution < 1.29 is 14.9 Å². The number of benzene rings is 1. The van der Waals surface area contributed by atoms with E-state index in [1.807, 2.05) is 30.5 Å². The molecule has 23 heavy (non-hydrogen) atoms. The quantitative estimate of drug-likeness (QED) is 0.875. The minimum atomic E-state index is -0.445. The van der Waals surface area contributed by atoms with E-state index in [2.05, 4.69) is 9.88 Å². The molecule has 1 aromatic carbocycles. The Labute approximate surface area is 140 Å². The molecule has 2 N–H and O–H groups in total. The van der Waals surface area contributed by atoms with Gasteiger partial charge in [0.2, 0.25) is 0 Å². The molecule has 2 atom stereocenters. The van der Waals surface area contributed by atoms with Gasteiger partial charge in [-0.1, -0.05) is 12.1 Å². The van der Waals surface area contributed by atoms with Crippen LogP contribution in [-0.4, -0.2) is 53.0 Å². The molecule has 0 radical (unpaired) electrons. The SMILES string of the molecule is COc1cccc(-c2ncc(CN3CC[C@@H](CO)[C@H](O)C3)s2)c1. The first kappa shape index (κ1) is 16.4. The Morgan fingerprint density at radius 1 is 1.43 bits per heavy atom. The molecule has 1 aliphatic rings. The van der Waals surface area contributed by atoms with Crippen LogP contribution in [0, 0.1) is 5.92 Å². The van der Waals surface area contributed by atoms with Crippen molar-refractivity contribution in [2.24, 2.45) is 5.92 Å². The summed E-state index contributed by atoms with van der Waals surface area (Å²) in [5.74, 6) is 0.841. The van der Waals surface area contributed by atoms with Crippen molar-refractivity contribution in [3.05, 3.63) is 35.3 Å². The second-order valence-corrected chi connectivity index (χ2v) is 7.01. The van der Waals surface area contributed by atoms with Gasteiger partial charge in [-0.15, -0.1) is 11.3 Å². The zero-order chi connectivity index (χ0) is 16.2. The summed E-state index contributed by atoms with van der Waals surface area (Å²) in [5.41, 5.74) is 1.06. The van der Waals surface area contributed by atoms with Gasteiger partial charge < -0.3 is 14.9 Å². The second-order valence-electron chi connectivity index (χ2n) is 5.90. The maximum atomic E-state index is 10.0. The highest BCUT2D eigenvalue weighted by molar-refractivity contribution is 7.15. The summed E-state index contributed by atoms with van der Waals surface area (Å²) >= 11 is 1.67. The summed E-state index contributed by atoms with van der Waals surface area (Å²) in [7, 11) is 1.66. The summed E-state index contributed by atoms with van der Waals surface area (Å²) in [6, 6.07) is 7.90. The Balaban J connectivity index is 1.65. The molecule has 1 saturated heterocycles. The Morgan fingerprint density at radius 2 is 2.30 bits per heavy atom. The first-order valence-corrected chi connectivity index (χ1v) is 8.61. The van der Waals surface area contributed by atoms with Crippen molar-refractivity contribution in [2.45, 2.75) is 19.1 Å². The molecular weight excluding hydrogens is 312 g/mol. The number of nitrogens with zero attached hydrogens (tertiary/aromatic N) is 2. The van der Waals surface area contributed by atoms with E-state index < -0.39 is 6.10 Å². The Bertz CT molecular complexity index is 646. The van der Waals surface area contributed by atoms with Gasteiger partial charge in [0.1, 0.15) is 10.8 Å². The number of β-amino-alcohol motifs (C(OH)–C–C–N with tert-alkyl or cyclic N) is 1. The number of methoxy groups -OCH3 is 1.